The molecule has 0 amide bonds. The van der Waals surface area contributed by atoms with Gasteiger partial charge in [-0.25, -0.2) is 4.52 Å². The lowest BCUT2D eigenvalue weighted by atomic mass is 9.86. The summed E-state index contributed by atoms with van der Waals surface area (Å²) in [4.78, 5) is 2.62. The first-order chi connectivity index (χ1) is 15.7. The molecule has 0 aliphatic heterocycles. The number of rotatable bonds is 10. The van der Waals surface area contributed by atoms with Crippen molar-refractivity contribution < 1.29 is 15.1 Å². The molecule has 0 radical (unpaired) electrons. The second kappa shape index (κ2) is 10.5. The number of aromatic hydroxyl groups is 1. The molecule has 7 heteroatoms. The fraction of sp³-hybridized carbons (Fsp3) is 0.440. The minimum Gasteiger partial charge on any atom is -0.508 e. The molecule has 7 nitrogen and oxygen atoms in total. The van der Waals surface area contributed by atoms with Crippen LogP contribution >= 0.6 is 0 Å². The van der Waals surface area contributed by atoms with E-state index in [2.05, 4.69) is 28.1 Å². The van der Waals surface area contributed by atoms with Crippen LogP contribution in [0.5, 0.6) is 11.5 Å². The summed E-state index contributed by atoms with van der Waals surface area (Å²) in [5.74, 6) is 1.23. The van der Waals surface area contributed by atoms with Gasteiger partial charge in [-0.1, -0.05) is 24.2 Å². The van der Waals surface area contributed by atoms with Crippen LogP contribution in [-0.4, -0.2) is 56.8 Å². The van der Waals surface area contributed by atoms with E-state index in [1.54, 1.807) is 16.8 Å². The van der Waals surface area contributed by atoms with Crippen molar-refractivity contribution in [3.8, 4) is 11.5 Å². The van der Waals surface area contributed by atoms with E-state index >= 15 is 0 Å². The molecule has 1 aromatic carbocycles. The zero-order valence-corrected chi connectivity index (χ0v) is 18.7. The van der Waals surface area contributed by atoms with Crippen molar-refractivity contribution in [2.24, 2.45) is 5.16 Å². The van der Waals surface area contributed by atoms with Gasteiger partial charge in [0, 0.05) is 11.6 Å². The fourth-order valence-electron chi connectivity index (χ4n) is 4.68. The van der Waals surface area contributed by atoms with Gasteiger partial charge in [-0.05, 0) is 80.9 Å². The number of aromatic nitrogens is 2. The van der Waals surface area contributed by atoms with E-state index < -0.39 is 0 Å². The fourth-order valence-corrected chi connectivity index (χ4v) is 4.68. The van der Waals surface area contributed by atoms with Crippen LogP contribution in [-0.2, 0) is 12.8 Å². The summed E-state index contributed by atoms with van der Waals surface area (Å²) < 4.78 is 7.67. The Hall–Kier alpha value is -3.06. The maximum atomic E-state index is 10.1. The van der Waals surface area contributed by atoms with E-state index in [1.807, 2.05) is 24.4 Å². The molecule has 0 unspecified atom stereocenters. The summed E-state index contributed by atoms with van der Waals surface area (Å²) in [6.45, 7) is 5.08. The van der Waals surface area contributed by atoms with E-state index in [9.17, 15) is 5.11 Å². The highest BCUT2D eigenvalue weighted by Gasteiger charge is 2.25. The van der Waals surface area contributed by atoms with Crippen molar-refractivity contribution in [3.63, 3.8) is 0 Å². The van der Waals surface area contributed by atoms with Gasteiger partial charge >= 0.3 is 0 Å². The van der Waals surface area contributed by atoms with Crippen molar-refractivity contribution in [2.45, 2.75) is 51.5 Å². The van der Waals surface area contributed by atoms with E-state index in [0.717, 1.165) is 74.0 Å². The average Bonchev–Trinajstić information content (AvgIpc) is 3.20. The minimum absolute atomic E-state index is 0.450. The van der Waals surface area contributed by atoms with Crippen LogP contribution in [0.1, 0.15) is 49.3 Å². The maximum absolute atomic E-state index is 10.1. The van der Waals surface area contributed by atoms with Gasteiger partial charge in [0.15, 0.2) is 0 Å². The number of oxime groups is 1. The smallest absolute Gasteiger partial charge is 0.137 e. The SMILES string of the molecule is CCCN(CCCCOc1ccc2c(C=NO)cnn2c1)[C@H]1CCc2c(O)cccc2C1. The van der Waals surface area contributed by atoms with Crippen LogP contribution in [0, 0.1) is 0 Å². The standard InChI is InChI=1S/C25H32N4O3/c1-2-12-28(21-8-10-23-19(15-21)6-5-7-25(23)30)13-3-4-14-32-22-9-11-24-20(17-27-31)16-26-29(24)18-22/h5-7,9,11,16-18,21,30-31H,2-4,8,10,12-15H2,1H3/t21-/m0/s1. The van der Waals surface area contributed by atoms with Crippen LogP contribution in [0.15, 0.2) is 47.9 Å². The van der Waals surface area contributed by atoms with Gasteiger partial charge in [0.2, 0.25) is 0 Å². The normalized spacial score (nSPS) is 16.1. The van der Waals surface area contributed by atoms with Crippen LogP contribution in [0.3, 0.4) is 0 Å². The van der Waals surface area contributed by atoms with Crippen LogP contribution in [0.2, 0.25) is 0 Å². The summed E-state index contributed by atoms with van der Waals surface area (Å²) >= 11 is 0. The number of hydrogen-bond acceptors (Lipinski definition) is 6. The van der Waals surface area contributed by atoms with Gasteiger partial charge in [0.1, 0.15) is 11.5 Å². The first-order valence-electron chi connectivity index (χ1n) is 11.5. The second-order valence-corrected chi connectivity index (χ2v) is 8.44. The number of ether oxygens (including phenoxy) is 1. The van der Waals surface area contributed by atoms with Gasteiger partial charge in [-0.2, -0.15) is 5.10 Å². The molecule has 0 saturated heterocycles. The van der Waals surface area contributed by atoms with Crippen molar-refractivity contribution >= 4 is 11.7 Å². The topological polar surface area (TPSA) is 82.6 Å². The maximum Gasteiger partial charge on any atom is 0.137 e. The molecular formula is C25H32N4O3. The third-order valence-corrected chi connectivity index (χ3v) is 6.28. The van der Waals surface area contributed by atoms with Gasteiger partial charge < -0.3 is 20.0 Å². The lowest BCUT2D eigenvalue weighted by Gasteiger charge is -2.35. The van der Waals surface area contributed by atoms with Gasteiger partial charge in [-0.15, -0.1) is 0 Å². The van der Waals surface area contributed by atoms with Crippen LogP contribution in [0.4, 0.5) is 0 Å². The zero-order valence-electron chi connectivity index (χ0n) is 18.7. The van der Waals surface area contributed by atoms with Crippen molar-refractivity contribution in [2.75, 3.05) is 19.7 Å². The van der Waals surface area contributed by atoms with Crippen molar-refractivity contribution in [1.29, 1.82) is 0 Å². The molecule has 0 fully saturated rings. The number of phenolic OH excluding ortho intramolecular Hbond substituents is 1. The molecule has 2 heterocycles. The van der Waals surface area contributed by atoms with Crippen molar-refractivity contribution in [1.82, 2.24) is 14.5 Å². The molecule has 0 spiro atoms. The lowest BCUT2D eigenvalue weighted by Crippen LogP contribution is -2.40. The van der Waals surface area contributed by atoms with Crippen LogP contribution < -0.4 is 4.74 Å². The van der Waals surface area contributed by atoms with E-state index in [0.29, 0.717) is 18.4 Å². The predicted octanol–water partition coefficient (Wildman–Crippen LogP) is 4.28. The molecule has 1 atom stereocenters. The summed E-state index contributed by atoms with van der Waals surface area (Å²) in [5.41, 5.74) is 4.06. The Morgan fingerprint density at radius 1 is 1.25 bits per heavy atom. The largest absolute Gasteiger partial charge is 0.508 e. The molecule has 0 bridgehead atoms. The molecule has 4 rings (SSSR count). The van der Waals surface area contributed by atoms with Gasteiger partial charge in [-0.3, -0.25) is 0 Å². The Kier molecular flexibility index (Phi) is 7.27. The predicted molar refractivity (Wildman–Crippen MR) is 125 cm³/mol. The molecule has 2 N–H and O–H groups in total. The minimum atomic E-state index is 0.450. The van der Waals surface area contributed by atoms with Gasteiger partial charge in [0.05, 0.1) is 30.7 Å². The number of fused-ring (bicyclic) bond motifs is 2. The number of unbranched alkanes of at least 4 members (excludes halogenated alkanes) is 1. The Morgan fingerprint density at radius 2 is 2.16 bits per heavy atom. The highest BCUT2D eigenvalue weighted by Crippen LogP contribution is 2.30. The Morgan fingerprint density at radius 3 is 3.00 bits per heavy atom. The molecular weight excluding hydrogens is 404 g/mol. The van der Waals surface area contributed by atoms with Crippen molar-refractivity contribution in [3.05, 3.63) is 59.4 Å². The third-order valence-electron chi connectivity index (χ3n) is 6.28. The molecule has 3 aromatic rings. The summed E-state index contributed by atoms with van der Waals surface area (Å²) in [5, 5.41) is 26.2. The zero-order chi connectivity index (χ0) is 22.3. The molecule has 2 aromatic heterocycles. The Balaban J connectivity index is 1.26. The molecule has 1 aliphatic rings. The number of hydrogen-bond donors (Lipinski definition) is 2. The van der Waals surface area contributed by atoms with E-state index in [1.165, 1.54) is 11.8 Å². The Labute approximate surface area is 188 Å². The highest BCUT2D eigenvalue weighted by molar-refractivity contribution is 5.88. The Bertz CT molecular complexity index is 1060. The quantitative estimate of drug-likeness (QED) is 0.215. The average molecular weight is 437 g/mol. The number of pyridine rings is 1. The highest BCUT2D eigenvalue weighted by atomic mass is 16.5. The first-order valence-corrected chi connectivity index (χ1v) is 11.5. The van der Waals surface area contributed by atoms with Gasteiger partial charge in [0.25, 0.3) is 0 Å². The summed E-state index contributed by atoms with van der Waals surface area (Å²) in [6.07, 6.45) is 11.2. The molecule has 0 saturated carbocycles. The molecule has 32 heavy (non-hydrogen) atoms. The van der Waals surface area contributed by atoms with E-state index in [-0.39, 0.29) is 0 Å². The first kappa shape index (κ1) is 22.1. The second-order valence-electron chi connectivity index (χ2n) is 8.44. The van der Waals surface area contributed by atoms with E-state index in [4.69, 9.17) is 9.94 Å². The third kappa shape index (κ3) is 5.05. The summed E-state index contributed by atoms with van der Waals surface area (Å²) in [7, 11) is 0. The number of nitrogens with zero attached hydrogens (tertiary/aromatic N) is 4. The van der Waals surface area contributed by atoms with Crippen LogP contribution in [0.25, 0.3) is 5.52 Å². The number of benzene rings is 1. The molecule has 170 valence electrons. The summed E-state index contributed by atoms with van der Waals surface area (Å²) in [6, 6.07) is 10.3. The molecule has 1 aliphatic carbocycles. The lowest BCUT2D eigenvalue weighted by molar-refractivity contribution is 0.171. The number of phenols is 1. The monoisotopic (exact) mass is 436 g/mol.